The van der Waals surface area contributed by atoms with Gasteiger partial charge in [0.15, 0.2) is 16.7 Å². The van der Waals surface area contributed by atoms with E-state index in [0.717, 1.165) is 10.9 Å². The van der Waals surface area contributed by atoms with Crippen LogP contribution in [0.5, 0.6) is 0 Å². The van der Waals surface area contributed by atoms with Crippen LogP contribution in [0.3, 0.4) is 0 Å². The topological polar surface area (TPSA) is 88.8 Å². The summed E-state index contributed by atoms with van der Waals surface area (Å²) in [6.45, 7) is 5.52. The number of carbonyl (C=O) groups is 2. The molecule has 3 N–H and O–H groups in total. The average molecular weight is 423 g/mol. The lowest BCUT2D eigenvalue weighted by Gasteiger charge is -2.14. The molecular weight excluding hydrogens is 400 g/mol. The van der Waals surface area contributed by atoms with Gasteiger partial charge in [-0.2, -0.15) is 4.84 Å². The van der Waals surface area contributed by atoms with Gasteiger partial charge in [0.05, 0.1) is 11.6 Å². The predicted octanol–water partition coefficient (Wildman–Crippen LogP) is 1.24. The van der Waals surface area contributed by atoms with E-state index < -0.39 is 11.6 Å². The van der Waals surface area contributed by atoms with Crippen molar-refractivity contribution in [2.75, 3.05) is 0 Å². The molecule has 0 radical (unpaired) electrons. The molecule has 0 saturated heterocycles. The van der Waals surface area contributed by atoms with E-state index >= 15 is 0 Å². The maximum Gasteiger partial charge on any atom is 0.470 e. The zero-order chi connectivity index (χ0) is 21.3. The number of ketones is 1. The highest BCUT2D eigenvalue weighted by Crippen LogP contribution is 2.20. The zero-order valence-electron chi connectivity index (χ0n) is 16.9. The molecule has 0 spiro atoms. The molecule has 2 aromatic heterocycles. The number of nitrogens with one attached hydrogen (secondary N) is 1. The molecule has 0 bridgehead atoms. The number of rotatable bonds is 4. The van der Waals surface area contributed by atoms with E-state index in [9.17, 15) is 9.59 Å². The van der Waals surface area contributed by atoms with E-state index in [1.54, 1.807) is 24.7 Å². The molecule has 3 heterocycles. The van der Waals surface area contributed by atoms with Crippen LogP contribution in [-0.2, 0) is 16.2 Å². The summed E-state index contributed by atoms with van der Waals surface area (Å²) in [5.74, 6) is -0.138. The summed E-state index contributed by atoms with van der Waals surface area (Å²) in [6.07, 6.45) is 5.05. The maximum absolute atomic E-state index is 13.3. The second-order valence-electron chi connectivity index (χ2n) is 7.82. The Morgan fingerprint density at radius 3 is 2.80 bits per heavy atom. The van der Waals surface area contributed by atoms with Crippen LogP contribution >= 0.6 is 0 Å². The Bertz CT molecular complexity index is 1120. The summed E-state index contributed by atoms with van der Waals surface area (Å²) in [4.78, 5) is 35.5. The van der Waals surface area contributed by atoms with Gasteiger partial charge in [0, 0.05) is 6.20 Å². The van der Waals surface area contributed by atoms with E-state index in [4.69, 9.17) is 4.84 Å². The van der Waals surface area contributed by atoms with Gasteiger partial charge < -0.3 is 15.1 Å². The summed E-state index contributed by atoms with van der Waals surface area (Å²) < 4.78 is 1.41. The third kappa shape index (κ3) is 4.06. The quantitative estimate of drug-likeness (QED) is 0.165. The van der Waals surface area contributed by atoms with Crippen molar-refractivity contribution < 1.29 is 24.3 Å². The summed E-state index contributed by atoms with van der Waals surface area (Å²) in [6, 6.07) is 11.3. The van der Waals surface area contributed by atoms with Gasteiger partial charge in [-0.3, -0.25) is 0 Å². The summed E-state index contributed by atoms with van der Waals surface area (Å²) in [5.41, 5.74) is 3.99. The first-order valence-corrected chi connectivity index (χ1v) is 10.3. The summed E-state index contributed by atoms with van der Waals surface area (Å²) >= 11 is 1.49. The van der Waals surface area contributed by atoms with Gasteiger partial charge in [-0.25, -0.2) is 9.36 Å². The van der Waals surface area contributed by atoms with Crippen LogP contribution in [0.15, 0.2) is 55.0 Å². The monoisotopic (exact) mass is 422 g/mol. The zero-order valence-corrected chi connectivity index (χ0v) is 17.7. The number of fused-ring (bicyclic) bond motifs is 1. The van der Waals surface area contributed by atoms with Crippen molar-refractivity contribution in [3.05, 3.63) is 77.5 Å². The number of Topliss-reactive ketones (excluding diaryl/α,β-unsaturated/α-hetero) is 1. The smallest absolute Gasteiger partial charge is 0.345 e. The molecule has 0 fully saturated rings. The van der Waals surface area contributed by atoms with Crippen molar-refractivity contribution in [2.45, 2.75) is 26.4 Å². The number of hydroxylamine groups is 1. The maximum atomic E-state index is 13.3. The van der Waals surface area contributed by atoms with E-state index in [0.29, 0.717) is 22.5 Å². The first-order valence-electron chi connectivity index (χ1n) is 9.45. The Kier molecular flexibility index (Phi) is 5.29. The normalized spacial score (nSPS) is 13.8. The molecule has 0 atom stereocenters. The third-order valence-electron chi connectivity index (χ3n) is 4.43. The van der Waals surface area contributed by atoms with Crippen LogP contribution in [0.2, 0.25) is 0 Å². The highest BCUT2D eigenvalue weighted by molar-refractivity contribution is 7.81. The van der Waals surface area contributed by atoms with Crippen LogP contribution in [0, 0.1) is 11.4 Å². The average Bonchev–Trinajstić information content (AvgIpc) is 3.37. The number of pyridine rings is 1. The molecule has 8 heteroatoms. The number of hydrogen-bond donors (Lipinski definition) is 2. The fourth-order valence-electron chi connectivity index (χ4n) is 3.05. The number of aromatic nitrogens is 2. The summed E-state index contributed by atoms with van der Waals surface area (Å²) in [7, 11) is 0. The second-order valence-corrected chi connectivity index (χ2v) is 8.73. The lowest BCUT2D eigenvalue weighted by atomic mass is 10.0. The van der Waals surface area contributed by atoms with Crippen molar-refractivity contribution in [3.8, 4) is 0 Å². The largest absolute Gasteiger partial charge is 0.470 e. The van der Waals surface area contributed by atoms with E-state index in [-0.39, 0.29) is 5.78 Å². The molecule has 7 nitrogen and oxygen atoms in total. The van der Waals surface area contributed by atoms with Gasteiger partial charge in [0.2, 0.25) is 0 Å². The van der Waals surface area contributed by atoms with Gasteiger partial charge in [-0.1, -0.05) is 23.7 Å². The molecule has 1 aliphatic rings. The van der Waals surface area contributed by atoms with Crippen molar-refractivity contribution in [1.29, 1.82) is 0 Å². The first kappa shape index (κ1) is 20.1. The SMILES string of the molecule is CC(C)(C)ONC(=O)[n+]1cc(C(=O)[C-]2C=[S+][C-](c3cccnc3)[NH2+]2)c2cccc[c-]21. The number of amides is 1. The lowest BCUT2D eigenvalue weighted by Crippen LogP contribution is -2.86. The van der Waals surface area contributed by atoms with E-state index in [1.165, 1.54) is 15.9 Å². The molecule has 154 valence electrons. The van der Waals surface area contributed by atoms with Crippen LogP contribution in [0.25, 0.3) is 10.9 Å². The van der Waals surface area contributed by atoms with Crippen molar-refractivity contribution >= 4 is 39.4 Å². The van der Waals surface area contributed by atoms with Gasteiger partial charge in [-0.05, 0) is 38.1 Å². The molecule has 3 aromatic rings. The molecule has 0 unspecified atom stereocenters. The third-order valence-corrected chi connectivity index (χ3v) is 5.41. The Morgan fingerprint density at radius 1 is 1.23 bits per heavy atom. The molecular formula is C22H22N4O3S. The van der Waals surface area contributed by atoms with Crippen LogP contribution < -0.4 is 15.4 Å². The summed E-state index contributed by atoms with van der Waals surface area (Å²) in [5, 5.41) is 5.37. The molecule has 1 aliphatic heterocycles. The standard InChI is InChI=1S/C22H22N4O3S/c1-22(2,3)29-25-21(28)26-12-16(15-8-4-5-9-18(15)26)19(27)17-13-30-20(24-17)14-7-6-10-23-11-14/h4-13H,24H2,1-3H3,(H,25,28). The number of para-hydroxylation sites is 1. The van der Waals surface area contributed by atoms with Crippen molar-refractivity contribution in [3.63, 3.8) is 0 Å². The van der Waals surface area contributed by atoms with Crippen molar-refractivity contribution in [1.82, 2.24) is 10.5 Å². The van der Waals surface area contributed by atoms with Gasteiger partial charge in [0.1, 0.15) is 11.4 Å². The number of benzene rings is 1. The molecule has 1 aromatic carbocycles. The molecule has 4 rings (SSSR count). The molecule has 0 saturated carbocycles. The molecule has 1 amide bonds. The Balaban J connectivity index is 1.59. The van der Waals surface area contributed by atoms with E-state index in [2.05, 4.69) is 10.5 Å². The van der Waals surface area contributed by atoms with Crippen LogP contribution in [0.1, 0.15) is 36.7 Å². The number of carbonyl (C=O) groups excluding carboxylic acids is 2. The highest BCUT2D eigenvalue weighted by atomic mass is 32.1. The Labute approximate surface area is 178 Å². The van der Waals surface area contributed by atoms with E-state index in [1.807, 2.05) is 61.8 Å². The van der Waals surface area contributed by atoms with Crippen LogP contribution in [0.4, 0.5) is 4.79 Å². The number of quaternary nitrogens is 1. The van der Waals surface area contributed by atoms with Crippen molar-refractivity contribution in [2.24, 2.45) is 0 Å². The second kappa shape index (κ2) is 7.91. The lowest BCUT2D eigenvalue weighted by molar-refractivity contribution is -0.580. The minimum Gasteiger partial charge on any atom is -0.345 e. The minimum atomic E-state index is -0.531. The number of nitrogens with zero attached hydrogens (tertiary/aromatic N) is 2. The number of nitrogens with two attached hydrogens (primary N) is 1. The molecule has 30 heavy (non-hydrogen) atoms. The molecule has 0 aliphatic carbocycles. The van der Waals surface area contributed by atoms with Gasteiger partial charge >= 0.3 is 6.03 Å². The van der Waals surface area contributed by atoms with Gasteiger partial charge in [-0.15, -0.1) is 29.7 Å². The van der Waals surface area contributed by atoms with Crippen LogP contribution in [-0.4, -0.2) is 27.8 Å². The first-order chi connectivity index (χ1) is 14.3. The predicted molar refractivity (Wildman–Crippen MR) is 114 cm³/mol. The van der Waals surface area contributed by atoms with Gasteiger partial charge in [0.25, 0.3) is 5.37 Å². The Hall–Kier alpha value is -3.20. The fraction of sp³-hybridized carbons (Fsp3) is 0.182. The number of hydrogen-bond acceptors (Lipinski definition) is 4. The fourth-order valence-corrected chi connectivity index (χ4v) is 3.93. The minimum absolute atomic E-state index is 0.138. The highest BCUT2D eigenvalue weighted by Gasteiger charge is 2.33. The Morgan fingerprint density at radius 2 is 2.07 bits per heavy atom.